The largest absolute Gasteiger partial charge is 0.573 e. The summed E-state index contributed by atoms with van der Waals surface area (Å²) < 4.78 is 42.5. The van der Waals surface area contributed by atoms with E-state index in [4.69, 9.17) is 4.84 Å². The van der Waals surface area contributed by atoms with Gasteiger partial charge in [-0.1, -0.05) is 68.4 Å². The normalized spacial score (nSPS) is 11.9. The first-order valence-electron chi connectivity index (χ1n) is 12.2. The first kappa shape index (κ1) is 27.4. The van der Waals surface area contributed by atoms with Crippen LogP contribution in [0.15, 0.2) is 84.3 Å². The number of halogens is 3. The van der Waals surface area contributed by atoms with Crippen molar-refractivity contribution in [1.29, 1.82) is 0 Å². The molecule has 0 bridgehead atoms. The lowest BCUT2D eigenvalue weighted by atomic mass is 10.0. The lowest BCUT2D eigenvalue weighted by molar-refractivity contribution is -0.274. The minimum atomic E-state index is -4.76. The van der Waals surface area contributed by atoms with Gasteiger partial charge >= 0.3 is 12.5 Å². The summed E-state index contributed by atoms with van der Waals surface area (Å²) in [7, 11) is 0. The van der Waals surface area contributed by atoms with Gasteiger partial charge in [0.15, 0.2) is 5.82 Å². The Balaban J connectivity index is 1.42. The van der Waals surface area contributed by atoms with Gasteiger partial charge in [0.05, 0.1) is 11.4 Å². The predicted molar refractivity (Wildman–Crippen MR) is 141 cm³/mol. The first-order chi connectivity index (χ1) is 18.6. The highest BCUT2D eigenvalue weighted by atomic mass is 19.4. The predicted octanol–water partition coefficient (Wildman–Crippen LogP) is 7.32. The quantitative estimate of drug-likeness (QED) is 0.144. The third kappa shape index (κ3) is 7.22. The maximum Gasteiger partial charge on any atom is 0.573 e. The number of hydrogen-bond donors (Lipinski definition) is 1. The van der Waals surface area contributed by atoms with Gasteiger partial charge in [-0.05, 0) is 53.8 Å². The van der Waals surface area contributed by atoms with Crippen LogP contribution < -0.4 is 10.1 Å². The van der Waals surface area contributed by atoms with Crippen molar-refractivity contribution >= 4 is 17.5 Å². The molecule has 1 amide bonds. The number of benzene rings is 3. The van der Waals surface area contributed by atoms with E-state index in [2.05, 4.69) is 25.3 Å². The molecule has 202 valence electrons. The number of para-hydroxylation sites is 1. The summed E-state index contributed by atoms with van der Waals surface area (Å²) >= 11 is 0. The molecule has 1 aromatic heterocycles. The second-order valence-electron chi connectivity index (χ2n) is 8.77. The summed E-state index contributed by atoms with van der Waals surface area (Å²) in [5.41, 5.74) is 4.24. The van der Waals surface area contributed by atoms with Gasteiger partial charge in [-0.15, -0.1) is 18.3 Å². The van der Waals surface area contributed by atoms with Crippen LogP contribution in [-0.4, -0.2) is 32.9 Å². The van der Waals surface area contributed by atoms with Crippen LogP contribution in [0.3, 0.4) is 0 Å². The standard InChI is InChI=1S/C28H26F3N5O3/c1-4-24(35-39-27(37)33-25-8-6-5-7-23(25)18(2)3)19-9-11-20(12-10-19)26-32-17-36(34-26)21-13-15-22(16-14-21)38-28(29,30)31/h5-18H,4H2,1-3H3,(H,33,37)/b35-24+. The summed E-state index contributed by atoms with van der Waals surface area (Å²) in [6, 6.07) is 20.1. The van der Waals surface area contributed by atoms with Crippen LogP contribution in [-0.2, 0) is 4.84 Å². The van der Waals surface area contributed by atoms with Crippen LogP contribution >= 0.6 is 0 Å². The topological polar surface area (TPSA) is 90.6 Å². The van der Waals surface area contributed by atoms with E-state index in [1.54, 1.807) is 12.1 Å². The van der Waals surface area contributed by atoms with Crippen molar-refractivity contribution in [2.45, 2.75) is 39.5 Å². The molecule has 1 heterocycles. The number of oxime groups is 1. The van der Waals surface area contributed by atoms with Crippen molar-refractivity contribution in [1.82, 2.24) is 14.8 Å². The molecule has 0 spiro atoms. The number of carbonyl (C=O) groups excluding carboxylic acids is 1. The minimum Gasteiger partial charge on any atom is -0.406 e. The molecule has 8 nitrogen and oxygen atoms in total. The maximum atomic E-state index is 12.4. The molecular weight excluding hydrogens is 511 g/mol. The van der Waals surface area contributed by atoms with Gasteiger partial charge in [0.25, 0.3) is 0 Å². The van der Waals surface area contributed by atoms with Crippen LogP contribution in [0.25, 0.3) is 17.1 Å². The molecule has 4 rings (SSSR count). The number of ether oxygens (including phenoxy) is 1. The summed E-state index contributed by atoms with van der Waals surface area (Å²) in [5.74, 6) is 0.332. The molecule has 4 aromatic rings. The van der Waals surface area contributed by atoms with Crippen molar-refractivity contribution in [2.75, 3.05) is 5.32 Å². The molecule has 1 N–H and O–H groups in total. The van der Waals surface area contributed by atoms with Crippen molar-refractivity contribution in [3.8, 4) is 22.8 Å². The van der Waals surface area contributed by atoms with Crippen molar-refractivity contribution in [3.63, 3.8) is 0 Å². The van der Waals surface area contributed by atoms with Gasteiger partial charge in [0.2, 0.25) is 0 Å². The maximum absolute atomic E-state index is 12.4. The molecule has 0 radical (unpaired) electrons. The van der Waals surface area contributed by atoms with E-state index in [0.717, 1.165) is 11.1 Å². The fourth-order valence-electron chi connectivity index (χ4n) is 3.80. The van der Waals surface area contributed by atoms with Gasteiger partial charge in [-0.25, -0.2) is 14.5 Å². The smallest absolute Gasteiger partial charge is 0.406 e. The number of alkyl halides is 3. The van der Waals surface area contributed by atoms with Gasteiger partial charge in [-0.2, -0.15) is 0 Å². The Morgan fingerprint density at radius 2 is 1.72 bits per heavy atom. The highest BCUT2D eigenvalue weighted by Gasteiger charge is 2.31. The van der Waals surface area contributed by atoms with Crippen LogP contribution in [0.2, 0.25) is 0 Å². The zero-order valence-electron chi connectivity index (χ0n) is 21.4. The van der Waals surface area contributed by atoms with E-state index in [9.17, 15) is 18.0 Å². The summed E-state index contributed by atoms with van der Waals surface area (Å²) in [6.45, 7) is 5.98. The molecule has 0 saturated carbocycles. The molecule has 0 aliphatic heterocycles. The first-order valence-corrected chi connectivity index (χ1v) is 12.2. The van der Waals surface area contributed by atoms with Crippen LogP contribution in [0, 0.1) is 0 Å². The third-order valence-corrected chi connectivity index (χ3v) is 5.70. The van der Waals surface area contributed by atoms with E-state index in [1.807, 2.05) is 57.2 Å². The fraction of sp³-hybridized carbons (Fsp3) is 0.214. The average molecular weight is 538 g/mol. The Bertz CT molecular complexity index is 1450. The van der Waals surface area contributed by atoms with Gasteiger partial charge in [0, 0.05) is 11.3 Å². The van der Waals surface area contributed by atoms with Gasteiger partial charge in [-0.3, -0.25) is 10.2 Å². The van der Waals surface area contributed by atoms with Crippen molar-refractivity contribution in [2.24, 2.45) is 5.16 Å². The van der Waals surface area contributed by atoms with Crippen LogP contribution in [0.1, 0.15) is 44.2 Å². The molecule has 0 aliphatic carbocycles. The Morgan fingerprint density at radius 1 is 1.03 bits per heavy atom. The number of amides is 1. The lowest BCUT2D eigenvalue weighted by Crippen LogP contribution is -2.17. The molecule has 0 unspecified atom stereocenters. The number of carbonyl (C=O) groups is 1. The molecule has 11 heteroatoms. The summed E-state index contributed by atoms with van der Waals surface area (Å²) in [4.78, 5) is 21.8. The molecule has 0 fully saturated rings. The van der Waals surface area contributed by atoms with Gasteiger partial charge in [0.1, 0.15) is 12.1 Å². The molecule has 3 aromatic carbocycles. The van der Waals surface area contributed by atoms with E-state index >= 15 is 0 Å². The second kappa shape index (κ2) is 11.8. The molecule has 0 atom stereocenters. The Morgan fingerprint density at radius 3 is 2.36 bits per heavy atom. The Labute approximate surface area is 223 Å². The fourth-order valence-corrected chi connectivity index (χ4v) is 3.80. The highest BCUT2D eigenvalue weighted by molar-refractivity contribution is 6.00. The highest BCUT2D eigenvalue weighted by Crippen LogP contribution is 2.25. The third-order valence-electron chi connectivity index (χ3n) is 5.70. The second-order valence-corrected chi connectivity index (χ2v) is 8.77. The number of anilines is 1. The minimum absolute atomic E-state index is 0.231. The Kier molecular flexibility index (Phi) is 8.28. The molecular formula is C28H26F3N5O3. The van der Waals surface area contributed by atoms with E-state index in [0.29, 0.717) is 34.9 Å². The van der Waals surface area contributed by atoms with Gasteiger partial charge < -0.3 is 4.74 Å². The molecule has 0 saturated heterocycles. The molecule has 39 heavy (non-hydrogen) atoms. The monoisotopic (exact) mass is 537 g/mol. The number of aromatic nitrogens is 3. The lowest BCUT2D eigenvalue weighted by Gasteiger charge is -2.12. The average Bonchev–Trinajstić information content (AvgIpc) is 3.39. The van der Waals surface area contributed by atoms with E-state index in [1.165, 1.54) is 35.3 Å². The molecule has 0 aliphatic rings. The number of hydrogen-bond acceptors (Lipinski definition) is 6. The van der Waals surface area contributed by atoms with Crippen molar-refractivity contribution in [3.05, 3.63) is 90.3 Å². The summed E-state index contributed by atoms with van der Waals surface area (Å²) in [5, 5.41) is 11.2. The number of nitrogens with one attached hydrogen (secondary N) is 1. The van der Waals surface area contributed by atoms with Crippen LogP contribution in [0.5, 0.6) is 5.75 Å². The Hall–Kier alpha value is -4.67. The SMILES string of the molecule is CC/C(=N\OC(=O)Nc1ccccc1C(C)C)c1ccc(-c2ncn(-c3ccc(OC(F)(F)F)cc3)n2)cc1. The zero-order chi connectivity index (χ0) is 28.0. The summed E-state index contributed by atoms with van der Waals surface area (Å²) in [6.07, 6.45) is -3.45. The van der Waals surface area contributed by atoms with E-state index in [-0.39, 0.29) is 11.7 Å². The van der Waals surface area contributed by atoms with Crippen LogP contribution in [0.4, 0.5) is 23.7 Å². The van der Waals surface area contributed by atoms with E-state index < -0.39 is 12.5 Å². The van der Waals surface area contributed by atoms with Crippen molar-refractivity contribution < 1.29 is 27.5 Å². The zero-order valence-corrected chi connectivity index (χ0v) is 21.4. The number of nitrogens with zero attached hydrogens (tertiary/aromatic N) is 4. The number of rotatable bonds is 8.